The van der Waals surface area contributed by atoms with Crippen LogP contribution in [0.3, 0.4) is 0 Å². The number of rotatable bonds is 5. The minimum Gasteiger partial charge on any atom is -0.481 e. The Hall–Kier alpha value is -2.08. The van der Waals surface area contributed by atoms with E-state index in [2.05, 4.69) is 22.3 Å². The summed E-state index contributed by atoms with van der Waals surface area (Å²) in [6.07, 6.45) is 1.46. The van der Waals surface area contributed by atoms with Crippen LogP contribution in [-0.2, 0) is 14.3 Å². The first-order valence-corrected chi connectivity index (χ1v) is 8.92. The molecule has 1 saturated heterocycles. The first-order valence-electron chi connectivity index (χ1n) is 8.92. The fraction of sp³-hybridized carbons (Fsp3) is 0.579. The Morgan fingerprint density at radius 2 is 1.80 bits per heavy atom. The molecule has 4 aliphatic rings. The van der Waals surface area contributed by atoms with Gasteiger partial charge >= 0.3 is 5.97 Å². The largest absolute Gasteiger partial charge is 0.481 e. The summed E-state index contributed by atoms with van der Waals surface area (Å²) < 4.78 is 5.43. The molecule has 0 spiro atoms. The SMILES string of the molecule is CC(NC(=O)C12CC(C(=O)O)(C1)C2)c1ccccc1N1CCOCC1. The molecule has 134 valence electrons. The highest BCUT2D eigenvalue weighted by molar-refractivity contribution is 5.93. The lowest BCUT2D eigenvalue weighted by atomic mass is 9.35. The standard InChI is InChI=1S/C19H24N2O4/c1-13(20-16(22)18-10-19(11-18,12-18)17(23)24)14-4-2-3-5-15(14)21-6-8-25-9-7-21/h2-5,13H,6-12H2,1H3,(H,20,22)(H,23,24). The first-order chi connectivity index (χ1) is 12.0. The number of carbonyl (C=O) groups is 2. The summed E-state index contributed by atoms with van der Waals surface area (Å²) in [5.41, 5.74) is 1.17. The first kappa shape index (κ1) is 16.4. The lowest BCUT2D eigenvalue weighted by molar-refractivity contribution is -0.220. The molecule has 2 bridgehead atoms. The number of morpholine rings is 1. The van der Waals surface area contributed by atoms with Crippen molar-refractivity contribution >= 4 is 17.6 Å². The van der Waals surface area contributed by atoms with Gasteiger partial charge in [-0.15, -0.1) is 0 Å². The lowest BCUT2D eigenvalue weighted by Crippen LogP contribution is -2.70. The van der Waals surface area contributed by atoms with Gasteiger partial charge in [-0.2, -0.15) is 0 Å². The highest BCUT2D eigenvalue weighted by atomic mass is 16.5. The van der Waals surface area contributed by atoms with Crippen molar-refractivity contribution < 1.29 is 19.4 Å². The van der Waals surface area contributed by atoms with Crippen LogP contribution in [-0.4, -0.2) is 43.3 Å². The maximum Gasteiger partial charge on any atom is 0.309 e. The molecular weight excluding hydrogens is 320 g/mol. The van der Waals surface area contributed by atoms with E-state index in [-0.39, 0.29) is 11.9 Å². The summed E-state index contributed by atoms with van der Waals surface area (Å²) in [5.74, 6) is -0.757. The molecule has 1 aromatic rings. The molecule has 5 rings (SSSR count). The van der Waals surface area contributed by atoms with Crippen LogP contribution < -0.4 is 10.2 Å². The van der Waals surface area contributed by atoms with Crippen molar-refractivity contribution in [1.29, 1.82) is 0 Å². The number of nitrogens with zero attached hydrogens (tertiary/aromatic N) is 1. The Morgan fingerprint density at radius 1 is 1.16 bits per heavy atom. The Bertz CT molecular complexity index is 691. The highest BCUT2D eigenvalue weighted by Crippen LogP contribution is 2.73. The van der Waals surface area contributed by atoms with Crippen LogP contribution >= 0.6 is 0 Å². The lowest BCUT2D eigenvalue weighted by Gasteiger charge is -2.66. The molecule has 3 aliphatic carbocycles. The molecule has 1 aliphatic heterocycles. The van der Waals surface area contributed by atoms with Gasteiger partial charge < -0.3 is 20.1 Å². The molecule has 2 N–H and O–H groups in total. The van der Waals surface area contributed by atoms with Crippen molar-refractivity contribution in [2.24, 2.45) is 10.8 Å². The molecule has 4 fully saturated rings. The van der Waals surface area contributed by atoms with Gasteiger partial charge in [0.2, 0.25) is 5.91 Å². The van der Waals surface area contributed by atoms with E-state index in [0.717, 1.165) is 37.6 Å². The zero-order valence-electron chi connectivity index (χ0n) is 14.5. The number of para-hydroxylation sites is 1. The molecule has 6 heteroatoms. The minimum atomic E-state index is -0.757. The van der Waals surface area contributed by atoms with Crippen molar-refractivity contribution in [3.05, 3.63) is 29.8 Å². The zero-order valence-corrected chi connectivity index (χ0v) is 14.5. The van der Waals surface area contributed by atoms with E-state index in [0.29, 0.717) is 19.3 Å². The molecule has 1 amide bonds. The van der Waals surface area contributed by atoms with Crippen LogP contribution in [0, 0.1) is 10.8 Å². The number of carbonyl (C=O) groups excluding carboxylic acids is 1. The molecule has 1 atom stereocenters. The number of carboxylic acids is 1. The quantitative estimate of drug-likeness (QED) is 0.854. The third-order valence-electron chi connectivity index (χ3n) is 6.07. The van der Waals surface area contributed by atoms with E-state index in [9.17, 15) is 14.7 Å². The predicted octanol–water partition coefficient (Wildman–Crippen LogP) is 1.96. The normalized spacial score (nSPS) is 31.5. The Kier molecular flexibility index (Phi) is 3.76. The minimum absolute atomic E-state index is 0.0000874. The topological polar surface area (TPSA) is 78.9 Å². The third kappa shape index (κ3) is 2.51. The van der Waals surface area contributed by atoms with Crippen molar-refractivity contribution in [3.63, 3.8) is 0 Å². The van der Waals surface area contributed by atoms with Crippen molar-refractivity contribution in [3.8, 4) is 0 Å². The van der Waals surface area contributed by atoms with E-state index in [4.69, 9.17) is 4.74 Å². The average Bonchev–Trinajstić information content (AvgIpc) is 2.52. The second-order valence-electron chi connectivity index (χ2n) is 7.75. The molecule has 3 saturated carbocycles. The van der Waals surface area contributed by atoms with Crippen LogP contribution in [0.25, 0.3) is 0 Å². The number of ether oxygens (including phenoxy) is 1. The summed E-state index contributed by atoms with van der Waals surface area (Å²) >= 11 is 0. The Labute approximate surface area is 147 Å². The Morgan fingerprint density at radius 3 is 2.44 bits per heavy atom. The molecule has 1 aromatic carbocycles. The number of anilines is 1. The number of benzene rings is 1. The molecule has 0 aromatic heterocycles. The van der Waals surface area contributed by atoms with Gasteiger partial charge in [0.05, 0.1) is 30.1 Å². The van der Waals surface area contributed by atoms with Crippen LogP contribution in [0.5, 0.6) is 0 Å². The van der Waals surface area contributed by atoms with Gasteiger partial charge in [0, 0.05) is 18.8 Å². The van der Waals surface area contributed by atoms with Crippen LogP contribution in [0.1, 0.15) is 37.8 Å². The second kappa shape index (κ2) is 5.73. The van der Waals surface area contributed by atoms with Crippen molar-refractivity contribution in [2.75, 3.05) is 31.2 Å². The number of carboxylic acid groups (broad SMARTS) is 1. The van der Waals surface area contributed by atoms with Crippen LogP contribution in [0.4, 0.5) is 5.69 Å². The summed E-state index contributed by atoms with van der Waals surface area (Å²) in [6.45, 7) is 5.13. The van der Waals surface area contributed by atoms with Crippen molar-refractivity contribution in [1.82, 2.24) is 5.32 Å². The molecule has 6 nitrogen and oxygen atoms in total. The van der Waals surface area contributed by atoms with E-state index >= 15 is 0 Å². The zero-order chi connectivity index (χ0) is 17.7. The van der Waals surface area contributed by atoms with Gasteiger partial charge in [0.25, 0.3) is 0 Å². The highest BCUT2D eigenvalue weighted by Gasteiger charge is 2.75. The van der Waals surface area contributed by atoms with Gasteiger partial charge in [-0.1, -0.05) is 18.2 Å². The molecular formula is C19H24N2O4. The van der Waals surface area contributed by atoms with E-state index in [1.807, 2.05) is 19.1 Å². The monoisotopic (exact) mass is 344 g/mol. The Balaban J connectivity index is 1.45. The summed E-state index contributed by atoms with van der Waals surface area (Å²) in [7, 11) is 0. The second-order valence-corrected chi connectivity index (χ2v) is 7.75. The average molecular weight is 344 g/mol. The number of nitrogens with one attached hydrogen (secondary N) is 1. The third-order valence-corrected chi connectivity index (χ3v) is 6.07. The number of amides is 1. The van der Waals surface area contributed by atoms with Gasteiger partial charge in [0.1, 0.15) is 0 Å². The van der Waals surface area contributed by atoms with Crippen molar-refractivity contribution in [2.45, 2.75) is 32.2 Å². The maximum atomic E-state index is 12.7. The molecule has 25 heavy (non-hydrogen) atoms. The number of hydrogen-bond donors (Lipinski definition) is 2. The van der Waals surface area contributed by atoms with Gasteiger partial charge in [-0.25, -0.2) is 0 Å². The fourth-order valence-corrected chi connectivity index (χ4v) is 4.63. The smallest absolute Gasteiger partial charge is 0.309 e. The van der Waals surface area contributed by atoms with Gasteiger partial charge in [0.15, 0.2) is 0 Å². The molecule has 1 unspecified atom stereocenters. The maximum absolute atomic E-state index is 12.7. The van der Waals surface area contributed by atoms with E-state index in [1.54, 1.807) is 0 Å². The molecule has 0 radical (unpaired) electrons. The summed E-state index contributed by atoms with van der Waals surface area (Å²) in [5, 5.41) is 12.3. The van der Waals surface area contributed by atoms with Crippen LogP contribution in [0.2, 0.25) is 0 Å². The van der Waals surface area contributed by atoms with E-state index < -0.39 is 16.8 Å². The fourth-order valence-electron chi connectivity index (χ4n) is 4.63. The predicted molar refractivity (Wildman–Crippen MR) is 92.4 cm³/mol. The number of aliphatic carboxylic acids is 1. The van der Waals surface area contributed by atoms with Crippen LogP contribution in [0.15, 0.2) is 24.3 Å². The van der Waals surface area contributed by atoms with Gasteiger partial charge in [-0.3, -0.25) is 9.59 Å². The molecule has 1 heterocycles. The summed E-state index contributed by atoms with van der Waals surface area (Å²) in [6, 6.07) is 8.03. The van der Waals surface area contributed by atoms with E-state index in [1.165, 1.54) is 0 Å². The van der Waals surface area contributed by atoms with Gasteiger partial charge in [-0.05, 0) is 37.8 Å². The summed E-state index contributed by atoms with van der Waals surface area (Å²) in [4.78, 5) is 26.2. The number of hydrogen-bond acceptors (Lipinski definition) is 4.